The van der Waals surface area contributed by atoms with Crippen LogP contribution >= 0.6 is 11.8 Å². The first-order valence-corrected chi connectivity index (χ1v) is 11.5. The highest BCUT2D eigenvalue weighted by molar-refractivity contribution is 8.00. The van der Waals surface area contributed by atoms with E-state index in [0.717, 1.165) is 18.9 Å². The van der Waals surface area contributed by atoms with Crippen LogP contribution in [0.25, 0.3) is 0 Å². The van der Waals surface area contributed by atoms with E-state index in [4.69, 9.17) is 4.74 Å². The van der Waals surface area contributed by atoms with Crippen LogP contribution in [0, 0.1) is 5.41 Å². The first-order valence-electron chi connectivity index (χ1n) is 10.4. The van der Waals surface area contributed by atoms with Crippen molar-refractivity contribution in [1.29, 1.82) is 0 Å². The van der Waals surface area contributed by atoms with Crippen molar-refractivity contribution in [1.82, 2.24) is 9.88 Å². The fourth-order valence-corrected chi connectivity index (χ4v) is 5.72. The summed E-state index contributed by atoms with van der Waals surface area (Å²) in [6.07, 6.45) is 11.4. The number of pyridine rings is 1. The molecule has 0 bridgehead atoms. The number of rotatable bonds is 5. The van der Waals surface area contributed by atoms with E-state index >= 15 is 0 Å². The van der Waals surface area contributed by atoms with Crippen LogP contribution in [0.15, 0.2) is 18.3 Å². The average Bonchev–Trinajstić information content (AvgIpc) is 2.68. The first kappa shape index (κ1) is 21.8. The van der Waals surface area contributed by atoms with Crippen molar-refractivity contribution in [2.45, 2.75) is 57.5 Å². The Hall–Kier alpha value is -0.950. The lowest BCUT2D eigenvalue weighted by Gasteiger charge is -2.47. The zero-order chi connectivity index (χ0) is 19.8. The highest BCUT2D eigenvalue weighted by Gasteiger charge is 2.40. The van der Waals surface area contributed by atoms with Gasteiger partial charge in [-0.15, -0.1) is 0 Å². The summed E-state index contributed by atoms with van der Waals surface area (Å²) in [6, 6.07) is 4.20. The van der Waals surface area contributed by atoms with Crippen LogP contribution < -0.4 is 4.74 Å². The summed E-state index contributed by atoms with van der Waals surface area (Å²) in [6.45, 7) is 0.710. The van der Waals surface area contributed by atoms with Crippen molar-refractivity contribution in [3.63, 3.8) is 0 Å². The van der Waals surface area contributed by atoms with Crippen LogP contribution in [0.4, 0.5) is 13.2 Å². The molecule has 0 N–H and O–H groups in total. The molecule has 2 aliphatic heterocycles. The number of nitrogens with zero attached hydrogens (tertiary/aromatic N) is 2. The Labute approximate surface area is 170 Å². The number of hydrogen-bond donors (Lipinski definition) is 0. The van der Waals surface area contributed by atoms with Crippen LogP contribution in [0.1, 0.15) is 56.6 Å². The second-order valence-electron chi connectivity index (χ2n) is 8.18. The predicted octanol–water partition coefficient (Wildman–Crippen LogP) is 5.52. The zero-order valence-corrected chi connectivity index (χ0v) is 17.2. The van der Waals surface area contributed by atoms with Gasteiger partial charge in [0.05, 0.1) is 0 Å². The van der Waals surface area contributed by atoms with E-state index in [9.17, 15) is 13.2 Å². The molecule has 1 spiro atoms. The van der Waals surface area contributed by atoms with Crippen LogP contribution in [-0.4, -0.2) is 54.3 Å². The molecule has 158 valence electrons. The van der Waals surface area contributed by atoms with Gasteiger partial charge in [-0.1, -0.05) is 19.3 Å². The van der Waals surface area contributed by atoms with Gasteiger partial charge in [0.1, 0.15) is 12.4 Å². The lowest BCUT2D eigenvalue weighted by molar-refractivity contribution is 0.00819. The van der Waals surface area contributed by atoms with E-state index in [2.05, 4.69) is 27.7 Å². The minimum absolute atomic E-state index is 0.654. The van der Waals surface area contributed by atoms with Crippen molar-refractivity contribution in [3.8, 4) is 5.75 Å². The molecule has 28 heavy (non-hydrogen) atoms. The van der Waals surface area contributed by atoms with Gasteiger partial charge < -0.3 is 4.74 Å². The highest BCUT2D eigenvalue weighted by Crippen LogP contribution is 2.45. The largest absolute Gasteiger partial charge is 0.492 e. The fraction of sp³-hybridized carbons (Fsp3) is 0.762. The number of piperidine rings is 1. The van der Waals surface area contributed by atoms with Crippen molar-refractivity contribution in [2.75, 3.05) is 37.7 Å². The molecule has 1 saturated carbocycles. The molecule has 1 aromatic rings. The molecule has 7 heteroatoms. The van der Waals surface area contributed by atoms with E-state index in [1.54, 1.807) is 0 Å². The van der Waals surface area contributed by atoms with E-state index < -0.39 is 6.68 Å². The highest BCUT2D eigenvalue weighted by atomic mass is 32.2. The lowest BCUT2D eigenvalue weighted by Crippen LogP contribution is -2.47. The molecule has 0 radical (unpaired) electrons. The van der Waals surface area contributed by atoms with Gasteiger partial charge in [0.15, 0.2) is 0 Å². The molecule has 0 amide bonds. The summed E-state index contributed by atoms with van der Waals surface area (Å²) in [7, 11) is 0. The third-order valence-corrected chi connectivity index (χ3v) is 7.82. The molecule has 1 aliphatic carbocycles. The van der Waals surface area contributed by atoms with Gasteiger partial charge >= 0.3 is 6.68 Å². The van der Waals surface area contributed by atoms with Crippen LogP contribution in [-0.2, 0) is 0 Å². The maximum absolute atomic E-state index is 9.67. The number of aromatic nitrogens is 1. The molecule has 2 saturated heterocycles. The molecule has 3 nitrogen and oxygen atoms in total. The van der Waals surface area contributed by atoms with E-state index in [1.807, 2.05) is 12.3 Å². The molecular weight excluding hydrogens is 385 g/mol. The van der Waals surface area contributed by atoms with E-state index in [0.29, 0.717) is 11.3 Å². The van der Waals surface area contributed by atoms with Crippen molar-refractivity contribution >= 4 is 11.8 Å². The van der Waals surface area contributed by atoms with Crippen molar-refractivity contribution in [3.05, 3.63) is 24.0 Å². The summed E-state index contributed by atoms with van der Waals surface area (Å²) in [4.78, 5) is 7.18. The molecule has 1 aromatic heterocycles. The molecular formula is C21H31F3N2OS. The van der Waals surface area contributed by atoms with Crippen LogP contribution in [0.5, 0.6) is 5.75 Å². The number of likely N-dealkylation sites (tertiary alicyclic amines) is 1. The summed E-state index contributed by atoms with van der Waals surface area (Å²) in [5.74, 6) is 4.46. The Kier molecular flexibility index (Phi) is 8.33. The SMILES string of the molecule is FC(F)F.c1cc(OCCN2CCC3(CC2)CSC3)cc(C2CCCCC2)n1. The third-order valence-electron chi connectivity index (χ3n) is 6.19. The molecule has 0 atom stereocenters. The van der Waals surface area contributed by atoms with Gasteiger partial charge in [0, 0.05) is 30.4 Å². The van der Waals surface area contributed by atoms with Crippen molar-refractivity contribution in [2.24, 2.45) is 5.41 Å². The Morgan fingerprint density at radius 3 is 2.43 bits per heavy atom. The Bertz CT molecular complexity index is 582. The Morgan fingerprint density at radius 1 is 1.14 bits per heavy atom. The number of halogens is 3. The average molecular weight is 417 g/mol. The minimum Gasteiger partial charge on any atom is -0.492 e. The molecule has 0 aromatic carbocycles. The second kappa shape index (κ2) is 10.7. The third kappa shape index (κ3) is 6.55. The van der Waals surface area contributed by atoms with Gasteiger partial charge in [-0.3, -0.25) is 9.88 Å². The molecule has 3 heterocycles. The Morgan fingerprint density at radius 2 is 1.82 bits per heavy atom. The first-order chi connectivity index (χ1) is 13.6. The van der Waals surface area contributed by atoms with Gasteiger partial charge in [-0.25, -0.2) is 0 Å². The standard InChI is InChI=1S/C20H30N2OS.CHF3/c1-2-4-17(5-3-1)19-14-18(6-9-21-19)23-13-12-22-10-7-20(8-11-22)15-24-16-20;2-1(3)4/h6,9,14,17H,1-5,7-8,10-13,15-16H2;1H. The lowest BCUT2D eigenvalue weighted by atomic mass is 9.81. The van der Waals surface area contributed by atoms with Gasteiger partial charge in [0.25, 0.3) is 0 Å². The van der Waals surface area contributed by atoms with Crippen LogP contribution in [0.2, 0.25) is 0 Å². The molecule has 3 fully saturated rings. The number of hydrogen-bond acceptors (Lipinski definition) is 4. The molecule has 4 rings (SSSR count). The van der Waals surface area contributed by atoms with Gasteiger partial charge in [-0.05, 0) is 61.8 Å². The van der Waals surface area contributed by atoms with E-state index in [1.165, 1.54) is 75.2 Å². The number of thioether (sulfide) groups is 1. The number of alkyl halides is 3. The van der Waals surface area contributed by atoms with Gasteiger partial charge in [-0.2, -0.15) is 24.9 Å². The Balaban J connectivity index is 0.000000516. The second-order valence-corrected chi connectivity index (χ2v) is 9.17. The van der Waals surface area contributed by atoms with Crippen LogP contribution in [0.3, 0.4) is 0 Å². The predicted molar refractivity (Wildman–Crippen MR) is 108 cm³/mol. The summed E-state index contributed by atoms with van der Waals surface area (Å²) in [5, 5.41) is 0. The maximum atomic E-state index is 9.67. The summed E-state index contributed by atoms with van der Waals surface area (Å²) in [5.41, 5.74) is 1.96. The van der Waals surface area contributed by atoms with Crippen molar-refractivity contribution < 1.29 is 17.9 Å². The molecule has 0 unspecified atom stereocenters. The smallest absolute Gasteiger partial charge is 0.379 e. The minimum atomic E-state index is -3.67. The normalized spacial score (nSPS) is 22.4. The summed E-state index contributed by atoms with van der Waals surface area (Å²) >= 11 is 2.12. The summed E-state index contributed by atoms with van der Waals surface area (Å²) < 4.78 is 35.0. The monoisotopic (exact) mass is 416 g/mol. The zero-order valence-electron chi connectivity index (χ0n) is 16.4. The number of ether oxygens (including phenoxy) is 1. The maximum Gasteiger partial charge on any atom is 0.379 e. The topological polar surface area (TPSA) is 25.4 Å². The van der Waals surface area contributed by atoms with Gasteiger partial charge in [0.2, 0.25) is 0 Å². The quantitative estimate of drug-likeness (QED) is 0.631. The molecule has 3 aliphatic rings. The van der Waals surface area contributed by atoms with E-state index in [-0.39, 0.29) is 0 Å². The fourth-order valence-electron chi connectivity index (χ4n) is 4.36.